The number of thioether (sulfide) groups is 1. The van der Waals surface area contributed by atoms with Gasteiger partial charge in [-0.1, -0.05) is 38.2 Å². The molecule has 1 aliphatic heterocycles. The number of imide groups is 1. The lowest BCUT2D eigenvalue weighted by molar-refractivity contribution is -0.142. The van der Waals surface area contributed by atoms with Crippen molar-refractivity contribution in [2.24, 2.45) is 44.8 Å². The third kappa shape index (κ3) is 22.0. The number of amides is 9. The van der Waals surface area contributed by atoms with E-state index in [9.17, 15) is 53.1 Å². The fraction of sp³-hybridized carbons (Fsp3) is 0.628. The predicted octanol–water partition coefficient (Wildman–Crippen LogP) is -4.31. The number of guanidine groups is 2. The number of Topliss-reactive ketones (excluding diaryl/α,β-unsaturated/α-hetero) is 1. The van der Waals surface area contributed by atoms with Crippen molar-refractivity contribution in [1.29, 1.82) is 0 Å². The van der Waals surface area contributed by atoms with Crippen molar-refractivity contribution >= 4 is 95.3 Å². The monoisotopic (exact) mass is 1020 g/mol. The van der Waals surface area contributed by atoms with Gasteiger partial charge in [0, 0.05) is 38.7 Å². The van der Waals surface area contributed by atoms with Crippen LogP contribution in [-0.2, 0) is 47.9 Å². The molecule has 1 unspecified atom stereocenters. The number of carbonyl (C=O) groups is 10. The van der Waals surface area contributed by atoms with Crippen LogP contribution in [0.15, 0.2) is 34.3 Å². The third-order valence-electron chi connectivity index (χ3n) is 10.6. The van der Waals surface area contributed by atoms with Crippen molar-refractivity contribution in [3.05, 3.63) is 24.3 Å². The van der Waals surface area contributed by atoms with Crippen LogP contribution in [-0.4, -0.2) is 167 Å². The van der Waals surface area contributed by atoms with Crippen LogP contribution in [0.2, 0.25) is 0 Å². The number of rotatable bonds is 32. The number of carbonyl (C=O) groups excluding carboxylic acids is 10. The van der Waals surface area contributed by atoms with Crippen LogP contribution in [0.4, 0.5) is 0 Å². The van der Waals surface area contributed by atoms with Crippen molar-refractivity contribution in [2.45, 2.75) is 114 Å². The quantitative estimate of drug-likeness (QED) is 0.00997. The second-order valence-electron chi connectivity index (χ2n) is 17.0. The van der Waals surface area contributed by atoms with Crippen LogP contribution < -0.4 is 60.2 Å². The van der Waals surface area contributed by atoms with Crippen LogP contribution in [0.3, 0.4) is 0 Å². The third-order valence-corrected chi connectivity index (χ3v) is 12.2. The van der Waals surface area contributed by atoms with Crippen molar-refractivity contribution < 1.29 is 53.1 Å². The number of nitrogens with two attached hydrogens (primary N) is 4. The van der Waals surface area contributed by atoms with Gasteiger partial charge >= 0.3 is 0 Å². The maximum absolute atomic E-state index is 13.6. The van der Waals surface area contributed by atoms with E-state index >= 15 is 0 Å². The number of hydrogen-bond acceptors (Lipinski definition) is 15. The highest BCUT2D eigenvalue weighted by atomic mass is 32.2. The highest BCUT2D eigenvalue weighted by Gasteiger charge is 2.40. The summed E-state index contributed by atoms with van der Waals surface area (Å²) in [5.41, 5.74) is 21.5. The number of allylic oxidation sites excluding steroid dienone is 4. The molecule has 27 heteroatoms. The van der Waals surface area contributed by atoms with E-state index in [1.54, 1.807) is 13.8 Å². The number of likely N-dealkylation sites (tertiary alicyclic amines) is 1. The molecule has 7 atom stereocenters. The van der Waals surface area contributed by atoms with Gasteiger partial charge < -0.3 is 65.3 Å². The summed E-state index contributed by atoms with van der Waals surface area (Å²) in [5, 5.41) is 26.9. The van der Waals surface area contributed by atoms with Gasteiger partial charge in [0.05, 0.1) is 23.7 Å². The SMILES string of the molecule is CC(=O)N[C@@H](CCCN=C(N)N)C(=O)N[C@@H](CCCN=C(N)N)C(=O)N[C@@H](C)C(=O)N[C@@H](CO)C(=O)N[C@@H](CC(C)C)C(=O)N[C@@H](CS)C(=O)CSC1CC(=O)N(CC(=O)NCCC2C=CC=C2)C1=O. The summed E-state index contributed by atoms with van der Waals surface area (Å²) in [6.07, 6.45) is 8.89. The molecule has 0 aromatic carbocycles. The lowest BCUT2D eigenvalue weighted by Gasteiger charge is -2.26. The highest BCUT2D eigenvalue weighted by Crippen LogP contribution is 2.25. The highest BCUT2D eigenvalue weighted by molar-refractivity contribution is 8.01. The van der Waals surface area contributed by atoms with E-state index in [0.717, 1.165) is 16.7 Å². The molecule has 0 aromatic rings. The lowest BCUT2D eigenvalue weighted by Crippen LogP contribution is -2.60. The van der Waals surface area contributed by atoms with Gasteiger partial charge in [-0.3, -0.25) is 62.8 Å². The Morgan fingerprint density at radius 1 is 0.757 bits per heavy atom. The number of aliphatic hydroxyl groups is 1. The molecule has 16 N–H and O–H groups in total. The fourth-order valence-electron chi connectivity index (χ4n) is 6.89. The summed E-state index contributed by atoms with van der Waals surface area (Å²) in [4.78, 5) is 139. The predicted molar refractivity (Wildman–Crippen MR) is 265 cm³/mol. The molecule has 2 rings (SSSR count). The Labute approximate surface area is 416 Å². The normalized spacial score (nSPS) is 16.8. The van der Waals surface area contributed by atoms with Crippen LogP contribution in [0.25, 0.3) is 0 Å². The van der Waals surface area contributed by atoms with Gasteiger partial charge in [-0.25, -0.2) is 0 Å². The van der Waals surface area contributed by atoms with Crippen molar-refractivity contribution in [3.63, 3.8) is 0 Å². The summed E-state index contributed by atoms with van der Waals surface area (Å²) in [7, 11) is 0. The van der Waals surface area contributed by atoms with Crippen molar-refractivity contribution in [3.8, 4) is 0 Å². The van der Waals surface area contributed by atoms with Gasteiger partial charge in [-0.2, -0.15) is 12.6 Å². The molecule has 0 bridgehead atoms. The average molecular weight is 1020 g/mol. The zero-order valence-electron chi connectivity index (χ0n) is 39.9. The number of nitrogens with one attached hydrogen (secondary N) is 7. The zero-order chi connectivity index (χ0) is 52.5. The number of aliphatic imine (C=N–C) groups is 2. The van der Waals surface area contributed by atoms with Gasteiger partial charge in [-0.05, 0) is 57.3 Å². The molecule has 1 heterocycles. The van der Waals surface area contributed by atoms with Crippen LogP contribution in [0.1, 0.15) is 72.6 Å². The largest absolute Gasteiger partial charge is 0.394 e. The number of ketones is 1. The van der Waals surface area contributed by atoms with E-state index < -0.39 is 114 Å². The summed E-state index contributed by atoms with van der Waals surface area (Å²) in [5.74, 6) is -7.73. The van der Waals surface area contributed by atoms with Gasteiger partial charge in [0.15, 0.2) is 17.7 Å². The van der Waals surface area contributed by atoms with E-state index in [1.165, 1.54) is 13.8 Å². The van der Waals surface area contributed by atoms with Gasteiger partial charge in [0.2, 0.25) is 53.2 Å². The first-order valence-electron chi connectivity index (χ1n) is 22.8. The number of hydrogen-bond donors (Lipinski definition) is 13. The standard InChI is InChI=1S/C43H70N14O11S2/c1-23(2)17-29(39(66)56-31(21-69)32(60)22-70-33-18-35(62)57(41(33)68)19-34(61)48-16-13-26-9-5-6-10-26)54-40(67)30(20-58)55-36(63)24(3)51-37(64)28(12-8-15-50-43(46)47)53-38(65)27(52-25(4)59)11-7-14-49-42(44)45/h5-6,9-10,23-24,26-31,33,58,69H,7-8,11-22H2,1-4H3,(H,48,61)(H,51,64)(H,52,59)(H,53,65)(H,54,67)(H,55,63)(H,56,66)(H4,44,45,49)(H4,46,47,50)/t24-,27-,28-,29-,30-,31-,33?/m0/s1. The minimum Gasteiger partial charge on any atom is -0.394 e. The Balaban J connectivity index is 2.04. The van der Waals surface area contributed by atoms with E-state index in [-0.39, 0.29) is 80.5 Å². The van der Waals surface area contributed by atoms with Crippen LogP contribution >= 0.6 is 24.4 Å². The molecule has 70 heavy (non-hydrogen) atoms. The van der Waals surface area contributed by atoms with E-state index in [4.69, 9.17) is 22.9 Å². The maximum Gasteiger partial charge on any atom is 0.245 e. The molecule has 1 aliphatic carbocycles. The molecule has 0 radical (unpaired) electrons. The Kier molecular flexibility index (Phi) is 26.6. The number of thiol groups is 1. The molecule has 25 nitrogen and oxygen atoms in total. The van der Waals surface area contributed by atoms with Gasteiger partial charge in [0.1, 0.15) is 36.8 Å². The topological polar surface area (TPSA) is 407 Å². The van der Waals surface area contributed by atoms with Crippen molar-refractivity contribution in [2.75, 3.05) is 44.3 Å². The first-order chi connectivity index (χ1) is 33.1. The summed E-state index contributed by atoms with van der Waals surface area (Å²) in [6.45, 7) is 5.26. The molecule has 1 saturated heterocycles. The minimum absolute atomic E-state index is 0.0121. The van der Waals surface area contributed by atoms with E-state index in [0.29, 0.717) is 19.4 Å². The first-order valence-corrected chi connectivity index (χ1v) is 24.5. The van der Waals surface area contributed by atoms with Crippen molar-refractivity contribution in [1.82, 2.24) is 42.1 Å². The number of nitrogens with zero attached hydrogens (tertiary/aromatic N) is 3. The molecular weight excluding hydrogens is 953 g/mol. The molecule has 2 aliphatic rings. The zero-order valence-corrected chi connectivity index (χ0v) is 41.7. The molecule has 0 spiro atoms. The Hall–Kier alpha value is -6.22. The molecule has 9 amide bonds. The second kappa shape index (κ2) is 31.1. The summed E-state index contributed by atoms with van der Waals surface area (Å²) in [6, 6.07) is -7.76. The van der Waals surface area contributed by atoms with Crippen LogP contribution in [0.5, 0.6) is 0 Å². The molecule has 0 aromatic heterocycles. The Morgan fingerprint density at radius 3 is 1.81 bits per heavy atom. The average Bonchev–Trinajstić information content (AvgIpc) is 3.91. The minimum atomic E-state index is -1.62. The molecule has 390 valence electrons. The Bertz CT molecular complexity index is 1980. The molecule has 1 fully saturated rings. The fourth-order valence-corrected chi connectivity index (χ4v) is 8.28. The number of aliphatic hydroxyl groups excluding tert-OH is 1. The van der Waals surface area contributed by atoms with E-state index in [1.807, 2.05) is 24.3 Å². The van der Waals surface area contributed by atoms with Gasteiger partial charge in [-0.15, -0.1) is 11.8 Å². The molecular formula is C43H70N14O11S2. The van der Waals surface area contributed by atoms with E-state index in [2.05, 4.69) is 59.8 Å². The lowest BCUT2D eigenvalue weighted by atomic mass is 10.0. The first kappa shape index (κ1) is 59.9. The smallest absolute Gasteiger partial charge is 0.245 e. The second-order valence-corrected chi connectivity index (χ2v) is 18.5. The molecule has 0 saturated carbocycles. The maximum atomic E-state index is 13.6. The summed E-state index contributed by atoms with van der Waals surface area (Å²) >= 11 is 5.11. The Morgan fingerprint density at radius 2 is 1.27 bits per heavy atom. The summed E-state index contributed by atoms with van der Waals surface area (Å²) < 4.78 is 0. The van der Waals surface area contributed by atoms with Gasteiger partial charge in [0.25, 0.3) is 0 Å². The van der Waals surface area contributed by atoms with Crippen LogP contribution in [0, 0.1) is 11.8 Å².